The first-order valence-corrected chi connectivity index (χ1v) is 9.86. The van der Waals surface area contributed by atoms with Crippen molar-refractivity contribution in [1.82, 2.24) is 5.32 Å². The molecule has 1 aliphatic rings. The molecule has 0 spiro atoms. The quantitative estimate of drug-likeness (QED) is 0.381. The van der Waals surface area contributed by atoms with E-state index < -0.39 is 5.50 Å². The Morgan fingerprint density at radius 2 is 1.92 bits per heavy atom. The van der Waals surface area contributed by atoms with Crippen LogP contribution in [0.5, 0.6) is 5.75 Å². The smallest absolute Gasteiger partial charge is 0.260 e. The molecule has 1 atom stereocenters. The Hall–Kier alpha value is -1.01. The molecule has 124 valence electrons. The summed E-state index contributed by atoms with van der Waals surface area (Å²) in [5, 5.41) is 15.5. The molecule has 1 amide bonds. The molecular weight excluding hydrogens is 557 g/mol. The van der Waals surface area contributed by atoms with Gasteiger partial charge in [0.1, 0.15) is 11.6 Å². The zero-order valence-electron chi connectivity index (χ0n) is 12.0. The lowest BCUT2D eigenvalue weighted by molar-refractivity contribution is -0.116. The summed E-state index contributed by atoms with van der Waals surface area (Å²) in [5.74, 6) is -0.347. The fourth-order valence-electron chi connectivity index (χ4n) is 2.10. The van der Waals surface area contributed by atoms with Crippen molar-refractivity contribution in [1.29, 1.82) is 0 Å². The highest BCUT2D eigenvalue weighted by Gasteiger charge is 2.27. The minimum atomic E-state index is -0.434. The summed E-state index contributed by atoms with van der Waals surface area (Å²) in [6.45, 7) is 0. The number of phenolic OH excluding ortho intramolecular Hbond substituents is 1. The molecule has 0 bridgehead atoms. The molecule has 1 heterocycles. The predicted octanol–water partition coefficient (Wildman–Crippen LogP) is 4.34. The fraction of sp³-hybridized carbons (Fsp3) is 0.0625. The largest absolute Gasteiger partial charge is 0.506 e. The maximum atomic E-state index is 13.7. The van der Waals surface area contributed by atoms with E-state index in [0.717, 1.165) is 12.7 Å². The van der Waals surface area contributed by atoms with Gasteiger partial charge in [-0.15, -0.1) is 0 Å². The molecule has 0 aliphatic carbocycles. The fourth-order valence-corrected chi connectivity index (χ4v) is 4.90. The number of aromatic hydroxyl groups is 1. The standard InChI is InChI=1S/C16H11FI2N2O2S/c17-9-3-1-2-4-12(9)20-16-21-15(23)13(24-16)7-8-5-10(18)14(22)11(19)6-8/h1-7,16,20,22H,(H,21,23)/b13-7-. The number of anilines is 1. The molecule has 4 nitrogen and oxygen atoms in total. The Bertz CT molecular complexity index is 822. The molecule has 0 saturated carbocycles. The van der Waals surface area contributed by atoms with E-state index in [4.69, 9.17) is 0 Å². The number of phenols is 1. The van der Waals surface area contributed by atoms with Crippen LogP contribution >= 0.6 is 56.9 Å². The number of benzene rings is 2. The molecule has 2 aromatic rings. The van der Waals surface area contributed by atoms with E-state index in [9.17, 15) is 14.3 Å². The number of hydrogen-bond acceptors (Lipinski definition) is 4. The number of halogens is 3. The second kappa shape index (κ2) is 7.48. The predicted molar refractivity (Wildman–Crippen MR) is 111 cm³/mol. The molecule has 2 aromatic carbocycles. The highest BCUT2D eigenvalue weighted by Crippen LogP contribution is 2.33. The van der Waals surface area contributed by atoms with Crippen LogP contribution in [0.1, 0.15) is 5.56 Å². The number of carbonyl (C=O) groups is 1. The van der Waals surface area contributed by atoms with Crippen molar-refractivity contribution >= 4 is 74.6 Å². The van der Waals surface area contributed by atoms with E-state index in [2.05, 4.69) is 10.6 Å². The SMILES string of the molecule is O=C1NC(Nc2ccccc2F)S/C1=C\c1cc(I)c(O)c(I)c1. The average Bonchev–Trinajstić information content (AvgIpc) is 2.87. The highest BCUT2D eigenvalue weighted by molar-refractivity contribution is 14.1. The third kappa shape index (κ3) is 3.97. The van der Waals surface area contributed by atoms with Gasteiger partial charge in [0, 0.05) is 0 Å². The third-order valence-electron chi connectivity index (χ3n) is 3.23. The summed E-state index contributed by atoms with van der Waals surface area (Å²) in [6.07, 6.45) is 1.76. The van der Waals surface area contributed by atoms with Crippen LogP contribution in [-0.2, 0) is 4.79 Å². The van der Waals surface area contributed by atoms with Gasteiger partial charge in [-0.05, 0) is 81.1 Å². The normalized spacial score (nSPS) is 18.7. The van der Waals surface area contributed by atoms with Crippen molar-refractivity contribution < 1.29 is 14.3 Å². The average molecular weight is 568 g/mol. The van der Waals surface area contributed by atoms with Crippen LogP contribution in [0.25, 0.3) is 6.08 Å². The molecule has 1 saturated heterocycles. The van der Waals surface area contributed by atoms with Gasteiger partial charge in [-0.1, -0.05) is 23.9 Å². The first-order chi connectivity index (χ1) is 11.4. The summed E-state index contributed by atoms with van der Waals surface area (Å²) in [7, 11) is 0. The van der Waals surface area contributed by atoms with E-state index in [0.29, 0.717) is 10.6 Å². The van der Waals surface area contributed by atoms with E-state index in [1.165, 1.54) is 17.8 Å². The summed E-state index contributed by atoms with van der Waals surface area (Å²) in [4.78, 5) is 12.6. The minimum absolute atomic E-state index is 0.216. The van der Waals surface area contributed by atoms with Crippen LogP contribution in [0.15, 0.2) is 41.3 Å². The number of hydrogen-bond donors (Lipinski definition) is 3. The number of para-hydroxylation sites is 1. The van der Waals surface area contributed by atoms with Crippen molar-refractivity contribution in [2.45, 2.75) is 5.50 Å². The Morgan fingerprint density at radius 1 is 1.25 bits per heavy atom. The molecule has 1 unspecified atom stereocenters. The zero-order chi connectivity index (χ0) is 17.3. The molecule has 1 fully saturated rings. The lowest BCUT2D eigenvalue weighted by Crippen LogP contribution is -2.31. The second-order valence-electron chi connectivity index (χ2n) is 4.94. The van der Waals surface area contributed by atoms with Crippen molar-refractivity contribution in [3.63, 3.8) is 0 Å². The first kappa shape index (κ1) is 17.8. The van der Waals surface area contributed by atoms with E-state index >= 15 is 0 Å². The number of amides is 1. The maximum absolute atomic E-state index is 13.7. The lowest BCUT2D eigenvalue weighted by Gasteiger charge is -2.12. The van der Waals surface area contributed by atoms with Crippen LogP contribution < -0.4 is 10.6 Å². The van der Waals surface area contributed by atoms with Crippen molar-refractivity contribution in [3.8, 4) is 5.75 Å². The number of carbonyl (C=O) groups excluding carboxylic acids is 1. The molecule has 8 heteroatoms. The van der Waals surface area contributed by atoms with Crippen LogP contribution in [0.3, 0.4) is 0 Å². The highest BCUT2D eigenvalue weighted by atomic mass is 127. The number of thioether (sulfide) groups is 1. The summed E-state index contributed by atoms with van der Waals surface area (Å²) < 4.78 is 15.1. The Balaban J connectivity index is 1.79. The first-order valence-electron chi connectivity index (χ1n) is 6.82. The molecule has 1 aliphatic heterocycles. The van der Waals surface area contributed by atoms with Gasteiger partial charge in [-0.2, -0.15) is 0 Å². The topological polar surface area (TPSA) is 61.4 Å². The zero-order valence-corrected chi connectivity index (χ0v) is 17.1. The van der Waals surface area contributed by atoms with Crippen LogP contribution in [0, 0.1) is 13.0 Å². The van der Waals surface area contributed by atoms with Gasteiger partial charge in [0.25, 0.3) is 5.91 Å². The summed E-state index contributed by atoms with van der Waals surface area (Å²) >= 11 is 5.38. The van der Waals surface area contributed by atoms with Gasteiger partial charge in [0.15, 0.2) is 5.50 Å². The Labute approximate surface area is 169 Å². The van der Waals surface area contributed by atoms with E-state index in [1.807, 2.05) is 45.2 Å². The maximum Gasteiger partial charge on any atom is 0.260 e. The van der Waals surface area contributed by atoms with Crippen molar-refractivity contribution in [3.05, 3.63) is 59.8 Å². The molecule has 3 N–H and O–H groups in total. The molecule has 3 rings (SSSR count). The lowest BCUT2D eigenvalue weighted by atomic mass is 10.2. The van der Waals surface area contributed by atoms with E-state index in [-0.39, 0.29) is 17.5 Å². The molecular formula is C16H11FI2N2O2S. The molecule has 0 aromatic heterocycles. The monoisotopic (exact) mass is 568 g/mol. The van der Waals surface area contributed by atoms with E-state index in [1.54, 1.807) is 36.4 Å². The van der Waals surface area contributed by atoms with Gasteiger partial charge in [-0.3, -0.25) is 4.79 Å². The Morgan fingerprint density at radius 3 is 2.58 bits per heavy atom. The van der Waals surface area contributed by atoms with Crippen molar-refractivity contribution in [2.24, 2.45) is 0 Å². The third-order valence-corrected chi connectivity index (χ3v) is 5.90. The van der Waals surface area contributed by atoms with Gasteiger partial charge in [-0.25, -0.2) is 4.39 Å². The van der Waals surface area contributed by atoms with Crippen molar-refractivity contribution in [2.75, 3.05) is 5.32 Å². The molecule has 0 radical (unpaired) electrons. The van der Waals surface area contributed by atoms with Gasteiger partial charge in [0.05, 0.1) is 17.7 Å². The van der Waals surface area contributed by atoms with Crippen LogP contribution in [0.4, 0.5) is 10.1 Å². The number of rotatable bonds is 3. The van der Waals surface area contributed by atoms with Crippen LogP contribution in [0.2, 0.25) is 0 Å². The summed E-state index contributed by atoms with van der Waals surface area (Å²) in [5.41, 5.74) is 0.729. The van der Waals surface area contributed by atoms with Gasteiger partial charge >= 0.3 is 0 Å². The van der Waals surface area contributed by atoms with Crippen LogP contribution in [-0.4, -0.2) is 16.5 Å². The Kier molecular flexibility index (Phi) is 5.55. The number of nitrogens with one attached hydrogen (secondary N) is 2. The van der Waals surface area contributed by atoms with Gasteiger partial charge in [0.2, 0.25) is 0 Å². The van der Waals surface area contributed by atoms with Gasteiger partial charge < -0.3 is 15.7 Å². The molecule has 24 heavy (non-hydrogen) atoms. The minimum Gasteiger partial charge on any atom is -0.506 e. The summed E-state index contributed by atoms with van der Waals surface area (Å²) in [6, 6.07) is 9.92. The second-order valence-corrected chi connectivity index (χ2v) is 8.41.